The van der Waals surface area contributed by atoms with Gasteiger partial charge in [0.1, 0.15) is 19.3 Å². The van der Waals surface area contributed by atoms with Crippen molar-refractivity contribution >= 4 is 39.5 Å². The molecule has 0 rings (SSSR count). The van der Waals surface area contributed by atoms with E-state index in [1.165, 1.54) is 238 Å². The average Bonchev–Trinajstić information content (AvgIpc) is 0.920. The molecule has 612 valence electrons. The Hall–Kier alpha value is -1.94. The second-order valence-corrected chi connectivity index (χ2v) is 34.6. The van der Waals surface area contributed by atoms with Crippen LogP contribution in [0.4, 0.5) is 0 Å². The summed E-state index contributed by atoms with van der Waals surface area (Å²) in [5.74, 6) is 1.07. The van der Waals surface area contributed by atoms with E-state index in [2.05, 4.69) is 55.4 Å². The van der Waals surface area contributed by atoms with Crippen LogP contribution in [-0.4, -0.2) is 96.7 Å². The third-order valence-corrected chi connectivity index (χ3v) is 22.2. The molecule has 0 aliphatic carbocycles. The van der Waals surface area contributed by atoms with E-state index in [1.807, 2.05) is 0 Å². The number of esters is 4. The summed E-state index contributed by atoms with van der Waals surface area (Å²) in [6, 6.07) is 0. The summed E-state index contributed by atoms with van der Waals surface area (Å²) < 4.78 is 68.8. The SMILES string of the molecule is CCC(C)CCCCCCCCCCCCCCCCCCCCC(=O)OC[C@H](COP(=O)(O)OCC(O)COP(=O)(O)OC[C@@H](COC(=O)CCCCCCCCCCC(C)C)OC(=O)CCCCCCCCCCCC(C)C)OC(=O)CCCCCCCCCCCCCCCCC(C)CC. The van der Waals surface area contributed by atoms with Crippen molar-refractivity contribution in [3.05, 3.63) is 0 Å². The topological polar surface area (TPSA) is 237 Å². The van der Waals surface area contributed by atoms with Crippen LogP contribution in [-0.2, 0) is 65.4 Å². The van der Waals surface area contributed by atoms with Crippen molar-refractivity contribution in [2.75, 3.05) is 39.6 Å². The molecular weight excluding hydrogens is 1340 g/mol. The van der Waals surface area contributed by atoms with Crippen molar-refractivity contribution < 1.29 is 80.2 Å². The maximum atomic E-state index is 13.1. The maximum absolute atomic E-state index is 13.1. The highest BCUT2D eigenvalue weighted by Gasteiger charge is 2.30. The van der Waals surface area contributed by atoms with Crippen molar-refractivity contribution in [3.63, 3.8) is 0 Å². The van der Waals surface area contributed by atoms with Crippen molar-refractivity contribution in [2.45, 2.75) is 453 Å². The fourth-order valence-corrected chi connectivity index (χ4v) is 14.5. The fraction of sp³-hybridized carbons (Fsp3) is 0.952. The summed E-state index contributed by atoms with van der Waals surface area (Å²) in [5.41, 5.74) is 0. The zero-order valence-corrected chi connectivity index (χ0v) is 69.7. The number of rotatable bonds is 81. The second kappa shape index (κ2) is 72.9. The molecule has 0 saturated carbocycles. The summed E-state index contributed by atoms with van der Waals surface area (Å²) in [4.78, 5) is 73.1. The number of hydrogen-bond acceptors (Lipinski definition) is 15. The van der Waals surface area contributed by atoms with Crippen molar-refractivity contribution in [1.29, 1.82) is 0 Å². The summed E-state index contributed by atoms with van der Waals surface area (Å²) in [6.45, 7) is 14.3. The van der Waals surface area contributed by atoms with Gasteiger partial charge in [0.2, 0.25) is 0 Å². The van der Waals surface area contributed by atoms with E-state index in [-0.39, 0.29) is 25.7 Å². The molecule has 103 heavy (non-hydrogen) atoms. The molecule has 0 aliphatic rings. The van der Waals surface area contributed by atoms with Gasteiger partial charge in [-0.1, -0.05) is 383 Å². The molecule has 0 amide bonds. The zero-order chi connectivity index (χ0) is 76.0. The molecule has 0 aromatic heterocycles. The van der Waals surface area contributed by atoms with Gasteiger partial charge in [0.15, 0.2) is 12.2 Å². The predicted octanol–water partition coefficient (Wildman–Crippen LogP) is 25.2. The molecule has 3 N–H and O–H groups in total. The van der Waals surface area contributed by atoms with Gasteiger partial charge in [0, 0.05) is 25.7 Å². The van der Waals surface area contributed by atoms with Gasteiger partial charge >= 0.3 is 39.5 Å². The van der Waals surface area contributed by atoms with Crippen LogP contribution in [0, 0.1) is 23.7 Å². The van der Waals surface area contributed by atoms with E-state index in [4.69, 9.17) is 37.0 Å². The first-order chi connectivity index (χ1) is 49.7. The number of ether oxygens (including phenoxy) is 4. The molecule has 0 fully saturated rings. The number of unbranched alkanes of at least 4 members (excludes halogenated alkanes) is 45. The summed E-state index contributed by atoms with van der Waals surface area (Å²) in [7, 11) is -9.92. The predicted molar refractivity (Wildman–Crippen MR) is 423 cm³/mol. The fourth-order valence-electron chi connectivity index (χ4n) is 12.9. The van der Waals surface area contributed by atoms with E-state index >= 15 is 0 Å². The molecule has 7 atom stereocenters. The zero-order valence-electron chi connectivity index (χ0n) is 68.0. The Morgan fingerprint density at radius 1 is 0.272 bits per heavy atom. The summed E-state index contributed by atoms with van der Waals surface area (Å²) in [6.07, 6.45) is 61.1. The van der Waals surface area contributed by atoms with Crippen molar-refractivity contribution in [3.8, 4) is 0 Å². The van der Waals surface area contributed by atoms with E-state index in [0.29, 0.717) is 25.7 Å². The molecule has 0 radical (unpaired) electrons. The van der Waals surface area contributed by atoms with Crippen LogP contribution >= 0.6 is 15.6 Å². The van der Waals surface area contributed by atoms with Gasteiger partial charge in [-0.3, -0.25) is 37.3 Å². The normalized spacial score (nSPS) is 14.5. The van der Waals surface area contributed by atoms with Gasteiger partial charge in [-0.25, -0.2) is 9.13 Å². The molecule has 0 spiro atoms. The van der Waals surface area contributed by atoms with Gasteiger partial charge in [-0.2, -0.15) is 0 Å². The Morgan fingerprint density at radius 2 is 0.466 bits per heavy atom. The quantitative estimate of drug-likeness (QED) is 0.0222. The Bertz CT molecular complexity index is 2010. The van der Waals surface area contributed by atoms with Crippen LogP contribution in [0.1, 0.15) is 434 Å². The van der Waals surface area contributed by atoms with Crippen LogP contribution in [0.25, 0.3) is 0 Å². The Labute approximate surface area is 632 Å². The highest BCUT2D eigenvalue weighted by molar-refractivity contribution is 7.47. The highest BCUT2D eigenvalue weighted by atomic mass is 31.2. The third-order valence-electron chi connectivity index (χ3n) is 20.3. The van der Waals surface area contributed by atoms with Crippen LogP contribution in [0.5, 0.6) is 0 Å². The average molecular weight is 1510 g/mol. The van der Waals surface area contributed by atoms with E-state index in [0.717, 1.165) is 114 Å². The number of hydrogen-bond donors (Lipinski definition) is 3. The Balaban J connectivity index is 5.22. The molecule has 5 unspecified atom stereocenters. The van der Waals surface area contributed by atoms with Crippen LogP contribution in [0.2, 0.25) is 0 Å². The molecule has 17 nitrogen and oxygen atoms in total. The lowest BCUT2D eigenvalue weighted by atomic mass is 9.99. The lowest BCUT2D eigenvalue weighted by Gasteiger charge is -2.21. The molecule has 0 aromatic rings. The second-order valence-electron chi connectivity index (χ2n) is 31.7. The van der Waals surface area contributed by atoms with Crippen molar-refractivity contribution in [1.82, 2.24) is 0 Å². The monoisotopic (exact) mass is 1510 g/mol. The molecule has 0 saturated heterocycles. The number of phosphoric acid groups is 2. The van der Waals surface area contributed by atoms with Crippen LogP contribution in [0.3, 0.4) is 0 Å². The minimum absolute atomic E-state index is 0.105. The highest BCUT2D eigenvalue weighted by Crippen LogP contribution is 2.45. The van der Waals surface area contributed by atoms with Gasteiger partial charge in [0.05, 0.1) is 26.4 Å². The molecule has 19 heteroatoms. The number of carbonyl (C=O) groups excluding carboxylic acids is 4. The first kappa shape index (κ1) is 101. The number of aliphatic hydroxyl groups is 1. The van der Waals surface area contributed by atoms with Gasteiger partial charge < -0.3 is 33.8 Å². The van der Waals surface area contributed by atoms with Gasteiger partial charge in [0.25, 0.3) is 0 Å². The molecule has 0 bridgehead atoms. The number of aliphatic hydroxyl groups excluding tert-OH is 1. The summed E-state index contributed by atoms with van der Waals surface area (Å²) >= 11 is 0. The molecule has 0 aliphatic heterocycles. The maximum Gasteiger partial charge on any atom is 0.472 e. The van der Waals surface area contributed by atoms with E-state index in [1.54, 1.807) is 0 Å². The van der Waals surface area contributed by atoms with Gasteiger partial charge in [-0.15, -0.1) is 0 Å². The Morgan fingerprint density at radius 3 is 0.689 bits per heavy atom. The lowest BCUT2D eigenvalue weighted by Crippen LogP contribution is -2.30. The first-order valence-corrected chi connectivity index (χ1v) is 46.3. The minimum atomic E-state index is -4.97. The summed E-state index contributed by atoms with van der Waals surface area (Å²) in [5, 5.41) is 10.7. The smallest absolute Gasteiger partial charge is 0.462 e. The van der Waals surface area contributed by atoms with E-state index in [9.17, 15) is 43.2 Å². The standard InChI is InChI=1S/C84H164O17P2/c1-9-76(7)62-54-46-38-29-23-19-15-13-11-12-14-16-21-25-31-40-48-56-64-81(86)94-70-79(100-83(88)66-58-50-42-32-26-22-18-17-20-24-30-39-47-55-63-77(8)10-2)72-98-102(90,91)96-68-78(85)69-97-103(92,93)99-73-80(71-95-82(87)65-57-49-41-35-34-37-45-53-61-75(5)6)101-84(89)67-59-51-43-33-27-28-36-44-52-60-74(3)4/h74-80,85H,9-73H2,1-8H3,(H,90,91)(H,92,93)/t76?,77?,78?,79-,80-/m1/s1. The first-order valence-electron chi connectivity index (χ1n) is 43.3. The Kier molecular flexibility index (Phi) is 71.5. The van der Waals surface area contributed by atoms with E-state index < -0.39 is 97.5 Å². The molecule has 0 aromatic carbocycles. The van der Waals surface area contributed by atoms with Crippen molar-refractivity contribution in [2.24, 2.45) is 23.7 Å². The molecular formula is C84H164O17P2. The van der Waals surface area contributed by atoms with Crippen LogP contribution < -0.4 is 0 Å². The number of phosphoric ester groups is 2. The third kappa shape index (κ3) is 75.3. The lowest BCUT2D eigenvalue weighted by molar-refractivity contribution is -0.161. The minimum Gasteiger partial charge on any atom is -0.462 e. The van der Waals surface area contributed by atoms with Gasteiger partial charge in [-0.05, 0) is 49.4 Å². The molecule has 0 heterocycles. The largest absolute Gasteiger partial charge is 0.472 e. The number of carbonyl (C=O) groups is 4. The van der Waals surface area contributed by atoms with Crippen LogP contribution in [0.15, 0.2) is 0 Å².